The summed E-state index contributed by atoms with van der Waals surface area (Å²) in [4.78, 5) is 19.9. The van der Waals surface area contributed by atoms with E-state index in [9.17, 15) is 5.11 Å². The summed E-state index contributed by atoms with van der Waals surface area (Å²) in [6, 6.07) is 2.49. The summed E-state index contributed by atoms with van der Waals surface area (Å²) in [5.41, 5.74) is 7.64. The molecule has 10 heteroatoms. The minimum Gasteiger partial charge on any atom is -0.486 e. The normalized spacial score (nSPS) is 29.4. The van der Waals surface area contributed by atoms with Crippen LogP contribution in [0.25, 0.3) is 0 Å². The van der Waals surface area contributed by atoms with E-state index in [1.54, 1.807) is 0 Å². The van der Waals surface area contributed by atoms with Gasteiger partial charge in [0.25, 0.3) is 0 Å². The van der Waals surface area contributed by atoms with E-state index >= 15 is 0 Å². The first-order valence-corrected chi connectivity index (χ1v) is 14.0. The summed E-state index contributed by atoms with van der Waals surface area (Å²) < 4.78 is 12.1. The fourth-order valence-electron chi connectivity index (χ4n) is 6.69. The van der Waals surface area contributed by atoms with Crippen molar-refractivity contribution >= 4 is 23.4 Å². The van der Waals surface area contributed by atoms with E-state index in [1.165, 1.54) is 31.0 Å². The number of ether oxygens (including phenoxy) is 2. The summed E-state index contributed by atoms with van der Waals surface area (Å²) in [6.07, 6.45) is 9.57. The Balaban J connectivity index is 1.09. The molecule has 6 heterocycles. The fourth-order valence-corrected chi connectivity index (χ4v) is 7.55. The van der Waals surface area contributed by atoms with Crippen molar-refractivity contribution in [3.05, 3.63) is 24.2 Å². The highest BCUT2D eigenvalue weighted by Crippen LogP contribution is 2.57. The summed E-state index contributed by atoms with van der Waals surface area (Å²) in [6.45, 7) is 6.12. The molecule has 192 valence electrons. The van der Waals surface area contributed by atoms with E-state index in [0.717, 1.165) is 66.4 Å². The Labute approximate surface area is 215 Å². The van der Waals surface area contributed by atoms with Crippen molar-refractivity contribution in [2.24, 2.45) is 16.6 Å². The second kappa shape index (κ2) is 8.44. The van der Waals surface area contributed by atoms with E-state index < -0.39 is 0 Å². The highest BCUT2D eigenvalue weighted by Gasteiger charge is 2.54. The van der Waals surface area contributed by atoms with E-state index in [4.69, 9.17) is 30.2 Å². The Bertz CT molecular complexity index is 1170. The summed E-state index contributed by atoms with van der Waals surface area (Å²) in [5.74, 6) is 2.57. The molecule has 4 fully saturated rings. The molecule has 0 radical (unpaired) electrons. The zero-order chi connectivity index (χ0) is 24.5. The molecule has 0 unspecified atom stereocenters. The molecule has 4 aliphatic heterocycles. The van der Waals surface area contributed by atoms with E-state index in [1.807, 2.05) is 18.5 Å². The lowest BCUT2D eigenvalue weighted by Gasteiger charge is -2.41. The largest absolute Gasteiger partial charge is 0.486 e. The lowest BCUT2D eigenvalue weighted by atomic mass is 9.73. The van der Waals surface area contributed by atoms with Crippen LogP contribution in [0.1, 0.15) is 44.7 Å². The van der Waals surface area contributed by atoms with Gasteiger partial charge in [0.2, 0.25) is 0 Å². The second-order valence-electron chi connectivity index (χ2n) is 11.4. The van der Waals surface area contributed by atoms with Crippen LogP contribution < -0.4 is 20.3 Å². The number of pyridine rings is 1. The van der Waals surface area contributed by atoms with Gasteiger partial charge < -0.3 is 30.1 Å². The maximum atomic E-state index is 10.2. The monoisotopic (exact) mass is 510 g/mol. The van der Waals surface area contributed by atoms with Crippen LogP contribution in [0.3, 0.4) is 0 Å². The number of aliphatic hydroxyl groups excluding tert-OH is 1. The number of aliphatic hydroxyl groups is 1. The summed E-state index contributed by atoms with van der Waals surface area (Å²) >= 11 is 1.52. The molecule has 2 spiro atoms. The Morgan fingerprint density at radius 1 is 1.19 bits per heavy atom. The quantitative estimate of drug-likeness (QED) is 0.637. The molecule has 5 aliphatic rings. The van der Waals surface area contributed by atoms with Crippen molar-refractivity contribution in [1.29, 1.82) is 0 Å². The number of anilines is 2. The van der Waals surface area contributed by atoms with Crippen molar-refractivity contribution < 1.29 is 14.6 Å². The number of fused-ring (bicyclic) bond motifs is 3. The molecule has 1 saturated carbocycles. The zero-order valence-electron chi connectivity index (χ0n) is 20.7. The lowest BCUT2D eigenvalue weighted by molar-refractivity contribution is 0.0973. The first-order chi connectivity index (χ1) is 17.5. The Kier molecular flexibility index (Phi) is 5.40. The minimum absolute atomic E-state index is 0.0481. The average Bonchev–Trinajstić information content (AvgIpc) is 3.46. The molecular formula is C26H34N6O3S. The third-order valence-corrected chi connectivity index (χ3v) is 10.1. The van der Waals surface area contributed by atoms with Crippen molar-refractivity contribution in [2.75, 3.05) is 42.6 Å². The predicted molar refractivity (Wildman–Crippen MR) is 136 cm³/mol. The van der Waals surface area contributed by atoms with Crippen LogP contribution >= 0.6 is 11.8 Å². The van der Waals surface area contributed by atoms with Gasteiger partial charge in [0.1, 0.15) is 17.3 Å². The van der Waals surface area contributed by atoms with Gasteiger partial charge in [-0.2, -0.15) is 0 Å². The Morgan fingerprint density at radius 2 is 2.03 bits per heavy atom. The van der Waals surface area contributed by atoms with Gasteiger partial charge in [-0.15, -0.1) is 0 Å². The molecular weight excluding hydrogens is 476 g/mol. The highest BCUT2D eigenvalue weighted by atomic mass is 32.2. The molecule has 0 amide bonds. The Hall–Kier alpha value is -2.14. The first-order valence-electron chi connectivity index (χ1n) is 13.1. The number of piperidine rings is 1. The van der Waals surface area contributed by atoms with Gasteiger partial charge in [0, 0.05) is 37.3 Å². The van der Waals surface area contributed by atoms with Crippen LogP contribution in [0.5, 0.6) is 5.75 Å². The van der Waals surface area contributed by atoms with Gasteiger partial charge in [-0.3, -0.25) is 0 Å². The number of hydrogen-bond acceptors (Lipinski definition) is 10. The van der Waals surface area contributed by atoms with Gasteiger partial charge in [-0.1, -0.05) is 11.8 Å². The van der Waals surface area contributed by atoms with Crippen molar-refractivity contribution in [3.63, 3.8) is 0 Å². The van der Waals surface area contributed by atoms with Gasteiger partial charge >= 0.3 is 0 Å². The first kappa shape index (κ1) is 23.0. The summed E-state index contributed by atoms with van der Waals surface area (Å²) in [5, 5.41) is 10.9. The fraction of sp³-hybridized carbons (Fsp3) is 0.654. The lowest BCUT2D eigenvalue weighted by Crippen LogP contribution is -2.51. The SMILES string of the molecule is C[C@@H]1OCC2(CCN(c3ncc(Sc4ccnc5c4OC[C@@H]4CC6(CC6)CN54)nc3CO)CC2)[C@@H]1N. The zero-order valence-corrected chi connectivity index (χ0v) is 21.5. The second-order valence-corrected chi connectivity index (χ2v) is 12.5. The van der Waals surface area contributed by atoms with Crippen LogP contribution in [0.15, 0.2) is 28.4 Å². The molecule has 3 atom stereocenters. The standard InChI is InChI=1S/C26H34N6O3S/c1-16-22(27)26(15-35-16)5-8-31(9-6-26)23-18(12-33)30-20(11-29-23)36-19-2-7-28-24-21(19)34-13-17-10-25(3-4-25)14-32(17)24/h2,7,11,16-17,22,33H,3-6,8-10,12-15,27H2,1H3/t16-,17-,22+/m0/s1. The minimum atomic E-state index is -0.152. The molecule has 0 bridgehead atoms. The number of nitrogens with zero attached hydrogens (tertiary/aromatic N) is 5. The van der Waals surface area contributed by atoms with Gasteiger partial charge in [-0.25, -0.2) is 15.0 Å². The van der Waals surface area contributed by atoms with Crippen LogP contribution in [0, 0.1) is 10.8 Å². The molecule has 7 rings (SSSR count). The number of nitrogens with two attached hydrogens (primary N) is 1. The maximum absolute atomic E-state index is 10.2. The van der Waals surface area contributed by atoms with Gasteiger partial charge in [-0.05, 0) is 50.5 Å². The molecule has 9 nitrogen and oxygen atoms in total. The predicted octanol–water partition coefficient (Wildman–Crippen LogP) is 2.60. The molecule has 1 aliphatic carbocycles. The smallest absolute Gasteiger partial charge is 0.175 e. The van der Waals surface area contributed by atoms with Crippen molar-refractivity contribution in [1.82, 2.24) is 15.0 Å². The molecule has 3 N–H and O–H groups in total. The number of aromatic nitrogens is 3. The Morgan fingerprint density at radius 3 is 2.75 bits per heavy atom. The molecule has 3 saturated heterocycles. The van der Waals surface area contributed by atoms with Crippen LogP contribution in [0.2, 0.25) is 0 Å². The van der Waals surface area contributed by atoms with Crippen LogP contribution in [0.4, 0.5) is 11.6 Å². The van der Waals surface area contributed by atoms with E-state index in [0.29, 0.717) is 23.8 Å². The van der Waals surface area contributed by atoms with Crippen LogP contribution in [-0.4, -0.2) is 71.1 Å². The average molecular weight is 511 g/mol. The van der Waals surface area contributed by atoms with E-state index in [-0.39, 0.29) is 24.2 Å². The maximum Gasteiger partial charge on any atom is 0.175 e. The van der Waals surface area contributed by atoms with Gasteiger partial charge in [0.05, 0.1) is 36.5 Å². The highest BCUT2D eigenvalue weighted by molar-refractivity contribution is 7.99. The number of rotatable bonds is 4. The molecule has 2 aromatic heterocycles. The van der Waals surface area contributed by atoms with Crippen LogP contribution in [-0.2, 0) is 11.3 Å². The third-order valence-electron chi connectivity index (χ3n) is 9.18. The molecule has 36 heavy (non-hydrogen) atoms. The van der Waals surface area contributed by atoms with Gasteiger partial charge in [0.15, 0.2) is 17.4 Å². The van der Waals surface area contributed by atoms with Crippen molar-refractivity contribution in [3.8, 4) is 5.75 Å². The number of hydrogen-bond donors (Lipinski definition) is 2. The topological polar surface area (TPSA) is 110 Å². The molecule has 0 aromatic carbocycles. The van der Waals surface area contributed by atoms with E-state index in [2.05, 4.69) is 16.7 Å². The third kappa shape index (κ3) is 3.68. The molecule has 2 aromatic rings. The van der Waals surface area contributed by atoms with Crippen molar-refractivity contribution in [2.45, 2.75) is 73.7 Å². The summed E-state index contributed by atoms with van der Waals surface area (Å²) in [7, 11) is 0.